The van der Waals surface area contributed by atoms with Gasteiger partial charge in [0.1, 0.15) is 5.82 Å². The van der Waals surface area contributed by atoms with E-state index in [1.807, 2.05) is 12.1 Å². The summed E-state index contributed by atoms with van der Waals surface area (Å²) >= 11 is 7.74. The molecular weight excluding hydrogens is 413 g/mol. The molecule has 2 aliphatic rings. The van der Waals surface area contributed by atoms with E-state index in [0.29, 0.717) is 61.0 Å². The smallest absolute Gasteiger partial charge is 0.254 e. The molecule has 2 aliphatic heterocycles. The Morgan fingerprint density at radius 3 is 2.72 bits per heavy atom. The van der Waals surface area contributed by atoms with Gasteiger partial charge in [-0.2, -0.15) is 0 Å². The van der Waals surface area contributed by atoms with Gasteiger partial charge in [0.15, 0.2) is 0 Å². The number of benzene rings is 2. The maximum Gasteiger partial charge on any atom is 0.254 e. The second-order valence-corrected chi connectivity index (χ2v) is 8.67. The quantitative estimate of drug-likeness (QED) is 0.798. The van der Waals surface area contributed by atoms with Crippen LogP contribution in [0, 0.1) is 5.82 Å². The van der Waals surface area contributed by atoms with E-state index in [9.17, 15) is 14.0 Å². The summed E-state index contributed by atoms with van der Waals surface area (Å²) in [5.74, 6) is 0.349. The minimum Gasteiger partial charge on any atom is -0.336 e. The van der Waals surface area contributed by atoms with E-state index in [1.165, 1.54) is 6.07 Å². The molecule has 1 saturated heterocycles. The summed E-state index contributed by atoms with van der Waals surface area (Å²) in [6, 6.07) is 10.2. The van der Waals surface area contributed by atoms with Crippen molar-refractivity contribution in [1.29, 1.82) is 0 Å². The molecule has 4 rings (SSSR count). The molecule has 1 fully saturated rings. The second kappa shape index (κ2) is 8.73. The van der Waals surface area contributed by atoms with Crippen molar-refractivity contribution in [2.75, 3.05) is 37.2 Å². The Kier molecular flexibility index (Phi) is 6.08. The minimum absolute atomic E-state index is 0.0266. The lowest BCUT2D eigenvalue weighted by atomic mass is 10.1. The number of halogens is 2. The number of amides is 2. The third-order valence-corrected chi connectivity index (χ3v) is 6.62. The molecule has 0 aromatic heterocycles. The van der Waals surface area contributed by atoms with Crippen LogP contribution in [-0.4, -0.2) is 53.5 Å². The number of fused-ring (bicyclic) bond motifs is 1. The number of carbonyl (C=O) groups is 2. The fraction of sp³-hybridized carbons (Fsp3) is 0.333. The largest absolute Gasteiger partial charge is 0.336 e. The molecule has 0 aliphatic carbocycles. The van der Waals surface area contributed by atoms with Crippen molar-refractivity contribution in [1.82, 2.24) is 9.80 Å². The Morgan fingerprint density at radius 2 is 1.97 bits per heavy atom. The van der Waals surface area contributed by atoms with E-state index in [0.717, 1.165) is 10.6 Å². The molecule has 2 aromatic rings. The van der Waals surface area contributed by atoms with Gasteiger partial charge in [-0.15, -0.1) is 11.8 Å². The predicted octanol–water partition coefficient (Wildman–Crippen LogP) is 3.87. The molecule has 0 unspecified atom stereocenters. The third kappa shape index (κ3) is 4.57. The van der Waals surface area contributed by atoms with Crippen LogP contribution in [0.2, 0.25) is 5.02 Å². The highest BCUT2D eigenvalue weighted by Gasteiger charge is 2.24. The van der Waals surface area contributed by atoms with Crippen molar-refractivity contribution in [3.05, 3.63) is 58.4 Å². The van der Waals surface area contributed by atoms with Crippen molar-refractivity contribution in [3.8, 4) is 0 Å². The Bertz CT molecular complexity index is 927. The molecule has 0 atom stereocenters. The van der Waals surface area contributed by atoms with Crippen molar-refractivity contribution in [2.24, 2.45) is 0 Å². The highest BCUT2D eigenvalue weighted by Crippen LogP contribution is 2.32. The minimum atomic E-state index is -0.305. The van der Waals surface area contributed by atoms with E-state index in [2.05, 4.69) is 10.2 Å². The van der Waals surface area contributed by atoms with Crippen LogP contribution in [0.5, 0.6) is 0 Å². The molecular formula is C21H21ClFN3O2S. The van der Waals surface area contributed by atoms with Crippen LogP contribution < -0.4 is 5.32 Å². The number of thioether (sulfide) groups is 1. The van der Waals surface area contributed by atoms with E-state index in [1.54, 1.807) is 34.9 Å². The Morgan fingerprint density at radius 1 is 1.17 bits per heavy atom. The molecule has 1 N–H and O–H groups in total. The maximum absolute atomic E-state index is 14.0. The zero-order chi connectivity index (χ0) is 20.4. The van der Waals surface area contributed by atoms with Crippen molar-refractivity contribution in [2.45, 2.75) is 17.9 Å². The van der Waals surface area contributed by atoms with Crippen molar-refractivity contribution < 1.29 is 14.0 Å². The summed E-state index contributed by atoms with van der Waals surface area (Å²) in [6.45, 7) is 2.84. The molecule has 5 nitrogen and oxygen atoms in total. The van der Waals surface area contributed by atoms with E-state index in [-0.39, 0.29) is 17.6 Å². The zero-order valence-corrected chi connectivity index (χ0v) is 17.4. The van der Waals surface area contributed by atoms with Crippen molar-refractivity contribution >= 4 is 40.9 Å². The van der Waals surface area contributed by atoms with Gasteiger partial charge in [-0.1, -0.05) is 17.7 Å². The van der Waals surface area contributed by atoms with Crippen LogP contribution >= 0.6 is 23.4 Å². The maximum atomic E-state index is 14.0. The van der Waals surface area contributed by atoms with Gasteiger partial charge >= 0.3 is 0 Å². The highest BCUT2D eigenvalue weighted by molar-refractivity contribution is 7.99. The van der Waals surface area contributed by atoms with E-state index < -0.39 is 0 Å². The summed E-state index contributed by atoms with van der Waals surface area (Å²) < 4.78 is 14.0. The van der Waals surface area contributed by atoms with Gasteiger partial charge in [-0.25, -0.2) is 4.39 Å². The van der Waals surface area contributed by atoms with Crippen LogP contribution in [0.25, 0.3) is 0 Å². The number of anilines is 1. The fourth-order valence-electron chi connectivity index (χ4n) is 3.55. The number of hydrogen-bond donors (Lipinski definition) is 1. The first-order valence-corrected chi connectivity index (χ1v) is 10.9. The number of nitrogens with zero attached hydrogens (tertiary/aromatic N) is 2. The summed E-state index contributed by atoms with van der Waals surface area (Å²) in [5, 5.41) is 3.30. The lowest BCUT2D eigenvalue weighted by molar-refractivity contribution is -0.115. The van der Waals surface area contributed by atoms with Crippen LogP contribution in [0.1, 0.15) is 22.3 Å². The van der Waals surface area contributed by atoms with Gasteiger partial charge in [-0.05, 0) is 30.3 Å². The molecule has 29 heavy (non-hydrogen) atoms. The normalized spacial score (nSPS) is 17.4. The fourth-order valence-corrected chi connectivity index (χ4v) is 4.71. The Hall–Kier alpha value is -2.09. The van der Waals surface area contributed by atoms with E-state index in [4.69, 9.17) is 11.6 Å². The molecule has 0 spiro atoms. The summed E-state index contributed by atoms with van der Waals surface area (Å²) in [6.07, 6.45) is 0.469. The average molecular weight is 434 g/mol. The Balaban J connectivity index is 1.40. The number of nitrogens with one attached hydrogen (secondary N) is 1. The monoisotopic (exact) mass is 433 g/mol. The lowest BCUT2D eigenvalue weighted by Gasteiger charge is -2.35. The Labute approximate surface area is 178 Å². The summed E-state index contributed by atoms with van der Waals surface area (Å²) in [4.78, 5) is 29.6. The van der Waals surface area contributed by atoms with Gasteiger partial charge in [0.2, 0.25) is 5.91 Å². The SMILES string of the molecule is O=C1CCSc2ccc(C(=O)N3CCN(Cc4c(F)cccc4Cl)CC3)cc2N1. The molecule has 8 heteroatoms. The summed E-state index contributed by atoms with van der Waals surface area (Å²) in [7, 11) is 0. The molecule has 0 bridgehead atoms. The van der Waals surface area contributed by atoms with Crippen LogP contribution in [-0.2, 0) is 11.3 Å². The topological polar surface area (TPSA) is 52.7 Å². The molecule has 2 heterocycles. The zero-order valence-electron chi connectivity index (χ0n) is 15.8. The second-order valence-electron chi connectivity index (χ2n) is 7.13. The van der Waals surface area contributed by atoms with Crippen LogP contribution in [0.3, 0.4) is 0 Å². The van der Waals surface area contributed by atoms with Gasteiger partial charge < -0.3 is 10.2 Å². The first kappa shape index (κ1) is 20.2. The highest BCUT2D eigenvalue weighted by atomic mass is 35.5. The molecule has 0 saturated carbocycles. The van der Waals surface area contributed by atoms with Gasteiger partial charge in [-0.3, -0.25) is 14.5 Å². The van der Waals surface area contributed by atoms with Crippen LogP contribution in [0.15, 0.2) is 41.3 Å². The molecule has 2 aromatic carbocycles. The average Bonchev–Trinajstić information content (AvgIpc) is 2.90. The summed E-state index contributed by atoms with van der Waals surface area (Å²) in [5.41, 5.74) is 1.77. The first-order chi connectivity index (χ1) is 14.0. The number of rotatable bonds is 3. The van der Waals surface area contributed by atoms with Crippen molar-refractivity contribution in [3.63, 3.8) is 0 Å². The molecule has 2 amide bonds. The number of piperazine rings is 1. The van der Waals surface area contributed by atoms with Gasteiger partial charge in [0.05, 0.1) is 5.69 Å². The third-order valence-electron chi connectivity index (χ3n) is 5.19. The first-order valence-electron chi connectivity index (χ1n) is 9.52. The molecule has 0 radical (unpaired) electrons. The predicted molar refractivity (Wildman–Crippen MR) is 113 cm³/mol. The standard InChI is InChI=1S/C21H21ClFN3O2S/c22-16-2-1-3-17(23)15(16)13-25-7-9-26(10-8-25)21(28)14-4-5-19-18(12-14)24-20(27)6-11-29-19/h1-5,12H,6-11,13H2,(H,24,27). The van der Waals surface area contributed by atoms with Gasteiger partial charge in [0, 0.05) is 65.9 Å². The lowest BCUT2D eigenvalue weighted by Crippen LogP contribution is -2.48. The molecule has 152 valence electrons. The van der Waals surface area contributed by atoms with E-state index >= 15 is 0 Å². The van der Waals surface area contributed by atoms with Crippen LogP contribution in [0.4, 0.5) is 10.1 Å². The van der Waals surface area contributed by atoms with Gasteiger partial charge in [0.25, 0.3) is 5.91 Å². The number of carbonyl (C=O) groups excluding carboxylic acids is 2. The number of hydrogen-bond acceptors (Lipinski definition) is 4.